The number of benzene rings is 1. The first kappa shape index (κ1) is 13.1. The Hall–Kier alpha value is -0.928. The summed E-state index contributed by atoms with van der Waals surface area (Å²) in [6.07, 6.45) is 0. The summed E-state index contributed by atoms with van der Waals surface area (Å²) in [5.74, 6) is -1.26. The summed E-state index contributed by atoms with van der Waals surface area (Å²) in [5.41, 5.74) is -0.115. The van der Waals surface area contributed by atoms with Crippen LogP contribution in [0.25, 0.3) is 0 Å². The molecule has 0 spiro atoms. The van der Waals surface area contributed by atoms with E-state index in [-0.39, 0.29) is 30.2 Å². The fraction of sp³-hybridized carbons (Fsp3) is 0. The maximum atomic E-state index is 10.6. The molecule has 0 aliphatic rings. The van der Waals surface area contributed by atoms with Crippen LogP contribution in [0.3, 0.4) is 0 Å². The molecule has 0 amide bonds. The molecule has 0 heterocycles. The third-order valence-electron chi connectivity index (χ3n) is 1.35. The van der Waals surface area contributed by atoms with Crippen molar-refractivity contribution in [3.05, 3.63) is 29.8 Å². The number of carbonyl (C=O) groups is 1. The predicted molar refractivity (Wildman–Crippen MR) is 51.4 cm³/mol. The van der Waals surface area contributed by atoms with Crippen LogP contribution in [0, 0.1) is 0 Å². The van der Waals surface area contributed by atoms with Gasteiger partial charge >= 0.3 is 32.2 Å². The van der Waals surface area contributed by atoms with Crippen molar-refractivity contribution < 1.29 is 24.6 Å². The van der Waals surface area contributed by atoms with Crippen molar-refractivity contribution in [3.8, 4) is 5.75 Å². The average molecular weight is 190 g/mol. The summed E-state index contributed by atoms with van der Waals surface area (Å²) in [6.45, 7) is 0. The molecule has 1 aromatic carbocycles. The molecule has 0 unspecified atom stereocenters. The Balaban J connectivity index is 0.00000169. The molecular weight excluding hydrogens is 182 g/mol. The first-order valence-electron chi connectivity index (χ1n) is 3.46. The van der Waals surface area contributed by atoms with E-state index >= 15 is 0 Å². The second-order valence-electron chi connectivity index (χ2n) is 2.25. The Bertz CT molecular complexity index is 317. The fourth-order valence-corrected chi connectivity index (χ4v) is 0.860. The molecular formula is C7H8BLiO5. The zero-order valence-corrected chi connectivity index (χ0v) is 6.54. The zero-order chi connectivity index (χ0) is 9.84. The van der Waals surface area contributed by atoms with Crippen LogP contribution in [0.2, 0.25) is 0 Å². The number of rotatable bonds is 3. The van der Waals surface area contributed by atoms with Gasteiger partial charge in [-0.2, -0.15) is 0 Å². The van der Waals surface area contributed by atoms with Crippen LogP contribution < -0.4 is 4.65 Å². The van der Waals surface area contributed by atoms with Crippen LogP contribution in [0.4, 0.5) is 0 Å². The van der Waals surface area contributed by atoms with E-state index < -0.39 is 13.3 Å². The summed E-state index contributed by atoms with van der Waals surface area (Å²) in [4.78, 5) is 10.6. The van der Waals surface area contributed by atoms with Gasteiger partial charge in [-0.25, -0.2) is 4.79 Å². The quantitative estimate of drug-likeness (QED) is 0.536. The van der Waals surface area contributed by atoms with Gasteiger partial charge in [0.2, 0.25) is 0 Å². The zero-order valence-electron chi connectivity index (χ0n) is 6.54. The molecule has 0 saturated heterocycles. The van der Waals surface area contributed by atoms with Gasteiger partial charge in [-0.1, -0.05) is 12.1 Å². The molecule has 7 heteroatoms. The molecule has 3 N–H and O–H groups in total. The Morgan fingerprint density at radius 1 is 1.29 bits per heavy atom. The minimum atomic E-state index is -2.01. The van der Waals surface area contributed by atoms with Crippen LogP contribution in [-0.4, -0.2) is 47.3 Å². The molecule has 0 aromatic heterocycles. The summed E-state index contributed by atoms with van der Waals surface area (Å²) in [5, 5.41) is 25.5. The van der Waals surface area contributed by atoms with Crippen LogP contribution >= 0.6 is 0 Å². The van der Waals surface area contributed by atoms with E-state index in [0.29, 0.717) is 0 Å². The van der Waals surface area contributed by atoms with E-state index in [4.69, 9.17) is 15.2 Å². The van der Waals surface area contributed by atoms with Gasteiger partial charge in [0.1, 0.15) is 5.75 Å². The van der Waals surface area contributed by atoms with Gasteiger partial charge in [0, 0.05) is 0 Å². The van der Waals surface area contributed by atoms with Crippen molar-refractivity contribution in [2.75, 3.05) is 0 Å². The Labute approximate surface area is 92.7 Å². The first-order chi connectivity index (χ1) is 6.11. The molecule has 0 radical (unpaired) electrons. The summed E-state index contributed by atoms with van der Waals surface area (Å²) in [6, 6.07) is 5.69. The SMILES string of the molecule is O=C(O)c1ccccc1OB(O)O.[LiH]. The van der Waals surface area contributed by atoms with E-state index in [9.17, 15) is 4.79 Å². The number of hydrogen-bond donors (Lipinski definition) is 3. The van der Waals surface area contributed by atoms with Crippen molar-refractivity contribution in [1.82, 2.24) is 0 Å². The number of aromatic carboxylic acids is 1. The number of carboxylic acids is 1. The van der Waals surface area contributed by atoms with Crippen LogP contribution in [0.15, 0.2) is 24.3 Å². The Morgan fingerprint density at radius 3 is 2.36 bits per heavy atom. The number of carboxylic acid groups (broad SMARTS) is 1. The second kappa shape index (κ2) is 5.73. The van der Waals surface area contributed by atoms with Gasteiger partial charge < -0.3 is 19.8 Å². The Morgan fingerprint density at radius 2 is 1.86 bits per heavy atom. The molecule has 1 rings (SSSR count). The predicted octanol–water partition coefficient (Wildman–Crippen LogP) is -0.915. The van der Waals surface area contributed by atoms with Crippen LogP contribution in [-0.2, 0) is 0 Å². The molecule has 0 atom stereocenters. The van der Waals surface area contributed by atoms with Crippen molar-refractivity contribution in [2.24, 2.45) is 0 Å². The molecule has 14 heavy (non-hydrogen) atoms. The van der Waals surface area contributed by atoms with Crippen molar-refractivity contribution in [3.63, 3.8) is 0 Å². The van der Waals surface area contributed by atoms with E-state index in [1.54, 1.807) is 0 Å². The second-order valence-corrected chi connectivity index (χ2v) is 2.25. The van der Waals surface area contributed by atoms with Crippen LogP contribution in [0.1, 0.15) is 10.4 Å². The standard InChI is InChI=1S/C7H7BO5.Li.H/c9-7(10)5-3-1-2-4-6(5)13-8(11)12;;/h1-4,11-12H,(H,9,10);;. The monoisotopic (exact) mass is 190 g/mol. The third kappa shape index (κ3) is 3.44. The summed E-state index contributed by atoms with van der Waals surface area (Å²) in [7, 11) is -2.01. The molecule has 0 aliphatic carbocycles. The third-order valence-corrected chi connectivity index (χ3v) is 1.35. The fourth-order valence-electron chi connectivity index (χ4n) is 0.860. The molecule has 70 valence electrons. The Kier molecular flexibility index (Phi) is 5.35. The van der Waals surface area contributed by atoms with Gasteiger partial charge in [-0.05, 0) is 12.1 Å². The summed E-state index contributed by atoms with van der Waals surface area (Å²) < 4.78 is 4.44. The minimum absolute atomic E-state index is 0. The van der Waals surface area contributed by atoms with Crippen molar-refractivity contribution >= 4 is 32.2 Å². The number of para-hydroxylation sites is 1. The van der Waals surface area contributed by atoms with E-state index in [1.807, 2.05) is 0 Å². The molecule has 5 nitrogen and oxygen atoms in total. The average Bonchev–Trinajstić information content (AvgIpc) is 2.03. The van der Waals surface area contributed by atoms with Crippen molar-refractivity contribution in [1.29, 1.82) is 0 Å². The normalized spacial score (nSPS) is 8.71. The van der Waals surface area contributed by atoms with Crippen molar-refractivity contribution in [2.45, 2.75) is 0 Å². The van der Waals surface area contributed by atoms with E-state index in [0.717, 1.165) is 0 Å². The van der Waals surface area contributed by atoms with Gasteiger partial charge in [0.05, 0.1) is 5.56 Å². The van der Waals surface area contributed by atoms with Crippen LogP contribution in [0.5, 0.6) is 5.75 Å². The van der Waals surface area contributed by atoms with E-state index in [2.05, 4.69) is 4.65 Å². The summed E-state index contributed by atoms with van der Waals surface area (Å²) >= 11 is 0. The van der Waals surface area contributed by atoms with Gasteiger partial charge in [-0.15, -0.1) is 0 Å². The molecule has 0 bridgehead atoms. The molecule has 0 aliphatic heterocycles. The molecule has 1 aromatic rings. The number of hydrogen-bond acceptors (Lipinski definition) is 4. The first-order valence-corrected chi connectivity index (χ1v) is 3.46. The maximum absolute atomic E-state index is 10.6. The molecule has 0 saturated carbocycles. The van der Waals surface area contributed by atoms with Gasteiger partial charge in [0.15, 0.2) is 0 Å². The molecule has 0 fully saturated rings. The topological polar surface area (TPSA) is 87.0 Å². The van der Waals surface area contributed by atoms with Gasteiger partial charge in [-0.3, -0.25) is 0 Å². The van der Waals surface area contributed by atoms with Gasteiger partial charge in [0.25, 0.3) is 0 Å². The van der Waals surface area contributed by atoms with E-state index in [1.165, 1.54) is 24.3 Å².